The number of rotatable bonds is 5. The Balaban J connectivity index is 1.57. The molecule has 5 nitrogen and oxygen atoms in total. The normalized spacial score (nSPS) is 23.4. The molecule has 2 fully saturated rings. The molecule has 1 heterocycles. The van der Waals surface area contributed by atoms with Gasteiger partial charge in [0.15, 0.2) is 0 Å². The van der Waals surface area contributed by atoms with Gasteiger partial charge in [-0.3, -0.25) is 4.79 Å². The van der Waals surface area contributed by atoms with E-state index < -0.39 is 5.54 Å². The second kappa shape index (κ2) is 7.32. The third-order valence-corrected chi connectivity index (χ3v) is 4.75. The Hall–Kier alpha value is -1.59. The van der Waals surface area contributed by atoms with E-state index in [-0.39, 0.29) is 12.0 Å². The summed E-state index contributed by atoms with van der Waals surface area (Å²) in [6.07, 6.45) is 7.06. The van der Waals surface area contributed by atoms with Gasteiger partial charge in [0.25, 0.3) is 0 Å². The zero-order valence-electron chi connectivity index (χ0n) is 13.6. The summed E-state index contributed by atoms with van der Waals surface area (Å²) in [6, 6.07) is 7.48. The first-order valence-corrected chi connectivity index (χ1v) is 8.60. The summed E-state index contributed by atoms with van der Waals surface area (Å²) < 4.78 is 11.3. The molecule has 0 spiro atoms. The maximum absolute atomic E-state index is 12.5. The van der Waals surface area contributed by atoms with Crippen molar-refractivity contribution < 1.29 is 14.3 Å². The summed E-state index contributed by atoms with van der Waals surface area (Å²) in [4.78, 5) is 12.5. The van der Waals surface area contributed by atoms with E-state index >= 15 is 0 Å². The number of amides is 1. The minimum atomic E-state index is -0.729. The van der Waals surface area contributed by atoms with E-state index in [1.54, 1.807) is 0 Å². The molecule has 1 amide bonds. The quantitative estimate of drug-likeness (QED) is 0.875. The number of carbonyl (C=O) groups excluding carboxylic acids is 1. The van der Waals surface area contributed by atoms with Crippen LogP contribution in [0.3, 0.4) is 0 Å². The first-order chi connectivity index (χ1) is 11.2. The van der Waals surface area contributed by atoms with Crippen LogP contribution in [0.1, 0.15) is 44.9 Å². The molecule has 1 unspecified atom stereocenters. The molecule has 2 aliphatic rings. The summed E-state index contributed by atoms with van der Waals surface area (Å²) in [6.45, 7) is 1.38. The molecule has 23 heavy (non-hydrogen) atoms. The van der Waals surface area contributed by atoms with Gasteiger partial charge in [-0.2, -0.15) is 0 Å². The molecule has 1 atom stereocenters. The Morgan fingerprint density at radius 1 is 1.30 bits per heavy atom. The molecule has 1 aromatic rings. The van der Waals surface area contributed by atoms with Crippen molar-refractivity contribution in [2.45, 2.75) is 56.6 Å². The van der Waals surface area contributed by atoms with Crippen LogP contribution in [0.5, 0.6) is 5.75 Å². The summed E-state index contributed by atoms with van der Waals surface area (Å²) in [5, 5.41) is 2.95. The van der Waals surface area contributed by atoms with Crippen molar-refractivity contribution in [1.82, 2.24) is 0 Å². The number of hydrogen-bond donors (Lipinski definition) is 2. The van der Waals surface area contributed by atoms with Crippen LogP contribution >= 0.6 is 0 Å². The van der Waals surface area contributed by atoms with Crippen molar-refractivity contribution in [3.63, 3.8) is 0 Å². The van der Waals surface area contributed by atoms with E-state index in [1.807, 2.05) is 24.3 Å². The average Bonchev–Trinajstić information content (AvgIpc) is 3.07. The highest BCUT2D eigenvalue weighted by atomic mass is 16.5. The van der Waals surface area contributed by atoms with E-state index in [0.717, 1.165) is 56.6 Å². The predicted octanol–water partition coefficient (Wildman–Crippen LogP) is 2.84. The van der Waals surface area contributed by atoms with E-state index in [0.29, 0.717) is 6.61 Å². The third-order valence-electron chi connectivity index (χ3n) is 4.75. The van der Waals surface area contributed by atoms with Crippen molar-refractivity contribution >= 4 is 11.6 Å². The molecular formula is C18H26N2O3. The summed E-state index contributed by atoms with van der Waals surface area (Å²) in [7, 11) is 0. The van der Waals surface area contributed by atoms with Gasteiger partial charge >= 0.3 is 0 Å². The molecule has 1 saturated carbocycles. The molecule has 3 rings (SSSR count). The highest BCUT2D eigenvalue weighted by Gasteiger charge is 2.35. The number of nitrogens with one attached hydrogen (secondary N) is 1. The number of nitrogens with two attached hydrogens (primary N) is 1. The van der Waals surface area contributed by atoms with Crippen molar-refractivity contribution in [3.05, 3.63) is 24.3 Å². The van der Waals surface area contributed by atoms with Crippen LogP contribution in [0.15, 0.2) is 24.3 Å². The first kappa shape index (κ1) is 16.3. The SMILES string of the molecule is NC1(C(=O)Nc2cccc(OCC3CCCO3)c2)CCCCC1. The summed E-state index contributed by atoms with van der Waals surface area (Å²) in [5.74, 6) is 0.654. The van der Waals surface area contributed by atoms with E-state index in [4.69, 9.17) is 15.2 Å². The maximum Gasteiger partial charge on any atom is 0.244 e. The Labute approximate surface area is 137 Å². The highest BCUT2D eigenvalue weighted by molar-refractivity contribution is 5.98. The van der Waals surface area contributed by atoms with Crippen LogP contribution in [0.25, 0.3) is 0 Å². The largest absolute Gasteiger partial charge is 0.491 e. The number of ether oxygens (including phenoxy) is 2. The van der Waals surface area contributed by atoms with Gasteiger partial charge in [-0.25, -0.2) is 0 Å². The second-order valence-corrected chi connectivity index (χ2v) is 6.64. The van der Waals surface area contributed by atoms with Gasteiger partial charge in [0, 0.05) is 18.4 Å². The smallest absolute Gasteiger partial charge is 0.244 e. The Kier molecular flexibility index (Phi) is 5.18. The van der Waals surface area contributed by atoms with Gasteiger partial charge in [0.2, 0.25) is 5.91 Å². The van der Waals surface area contributed by atoms with Crippen molar-refractivity contribution in [2.75, 3.05) is 18.5 Å². The first-order valence-electron chi connectivity index (χ1n) is 8.60. The maximum atomic E-state index is 12.5. The molecule has 0 aromatic heterocycles. The van der Waals surface area contributed by atoms with Gasteiger partial charge in [-0.1, -0.05) is 25.3 Å². The third kappa shape index (κ3) is 4.24. The topological polar surface area (TPSA) is 73.6 Å². The van der Waals surface area contributed by atoms with Crippen molar-refractivity contribution in [3.8, 4) is 5.75 Å². The van der Waals surface area contributed by atoms with E-state index in [2.05, 4.69) is 5.32 Å². The van der Waals surface area contributed by atoms with Gasteiger partial charge in [0.05, 0.1) is 11.6 Å². The average molecular weight is 318 g/mol. The van der Waals surface area contributed by atoms with Gasteiger partial charge in [-0.15, -0.1) is 0 Å². The van der Waals surface area contributed by atoms with E-state index in [1.165, 1.54) is 6.42 Å². The minimum Gasteiger partial charge on any atom is -0.491 e. The molecule has 1 aliphatic carbocycles. The Morgan fingerprint density at radius 3 is 2.87 bits per heavy atom. The highest BCUT2D eigenvalue weighted by Crippen LogP contribution is 2.28. The van der Waals surface area contributed by atoms with Crippen LogP contribution < -0.4 is 15.8 Å². The fourth-order valence-electron chi connectivity index (χ4n) is 3.29. The number of anilines is 1. The second-order valence-electron chi connectivity index (χ2n) is 6.64. The van der Waals surface area contributed by atoms with Crippen LogP contribution in [0, 0.1) is 0 Å². The molecule has 1 saturated heterocycles. The molecule has 0 radical (unpaired) electrons. The zero-order chi connectivity index (χ0) is 16.1. The van der Waals surface area contributed by atoms with Crippen LogP contribution in [-0.2, 0) is 9.53 Å². The Bertz CT molecular complexity index is 535. The lowest BCUT2D eigenvalue weighted by molar-refractivity contribution is -0.122. The van der Waals surface area contributed by atoms with E-state index in [9.17, 15) is 4.79 Å². The van der Waals surface area contributed by atoms with Crippen LogP contribution in [0.4, 0.5) is 5.69 Å². The lowest BCUT2D eigenvalue weighted by Gasteiger charge is -2.31. The van der Waals surface area contributed by atoms with Crippen molar-refractivity contribution in [1.29, 1.82) is 0 Å². The molecule has 3 N–H and O–H groups in total. The monoisotopic (exact) mass is 318 g/mol. The molecule has 1 aromatic carbocycles. The van der Waals surface area contributed by atoms with Crippen molar-refractivity contribution in [2.24, 2.45) is 5.73 Å². The minimum absolute atomic E-state index is 0.0894. The lowest BCUT2D eigenvalue weighted by atomic mass is 9.82. The molecule has 0 bridgehead atoms. The lowest BCUT2D eigenvalue weighted by Crippen LogP contribution is -2.52. The fourth-order valence-corrected chi connectivity index (χ4v) is 3.29. The predicted molar refractivity (Wildman–Crippen MR) is 89.5 cm³/mol. The molecular weight excluding hydrogens is 292 g/mol. The Morgan fingerprint density at radius 2 is 2.13 bits per heavy atom. The number of carbonyl (C=O) groups is 1. The standard InChI is InChI=1S/C18H26N2O3/c19-18(9-2-1-3-10-18)17(21)20-14-6-4-7-15(12-14)23-13-16-8-5-11-22-16/h4,6-7,12,16H,1-3,5,8-11,13,19H2,(H,20,21). The van der Waals surface area contributed by atoms with Gasteiger partial charge in [0.1, 0.15) is 12.4 Å². The van der Waals surface area contributed by atoms with Crippen LogP contribution in [-0.4, -0.2) is 30.8 Å². The molecule has 5 heteroatoms. The number of hydrogen-bond acceptors (Lipinski definition) is 4. The van der Waals surface area contributed by atoms with Gasteiger partial charge < -0.3 is 20.5 Å². The van der Waals surface area contributed by atoms with Crippen LogP contribution in [0.2, 0.25) is 0 Å². The summed E-state index contributed by atoms with van der Waals surface area (Å²) >= 11 is 0. The van der Waals surface area contributed by atoms with Gasteiger partial charge in [-0.05, 0) is 37.8 Å². The fraction of sp³-hybridized carbons (Fsp3) is 0.611. The zero-order valence-corrected chi connectivity index (χ0v) is 13.6. The molecule has 1 aliphatic heterocycles. The molecule has 126 valence electrons. The number of benzene rings is 1. The summed E-state index contributed by atoms with van der Waals surface area (Å²) in [5.41, 5.74) is 6.27.